The fourth-order valence-corrected chi connectivity index (χ4v) is 0.208. The molecule has 0 fully saturated rings. The van der Waals surface area contributed by atoms with Crippen LogP contribution in [-0.2, 0) is 0 Å². The zero-order chi connectivity index (χ0) is 8.31. The first-order valence-electron chi connectivity index (χ1n) is 2.08. The topological polar surface area (TPSA) is 0 Å². The molecule has 0 aromatic carbocycles. The third kappa shape index (κ3) is 2.36. The fourth-order valence-electron chi connectivity index (χ4n) is 0.208. The molecule has 56 valence electrons. The van der Waals surface area contributed by atoms with Gasteiger partial charge in [0.15, 0.2) is 11.5 Å². The van der Waals surface area contributed by atoms with Crippen LogP contribution in [0.2, 0.25) is 0 Å². The molecule has 0 saturated carbocycles. The zero-order valence-corrected chi connectivity index (χ0v) is 4.42. The third-order valence-corrected chi connectivity index (χ3v) is 0.611. The monoisotopic (exact) mass is 160 g/mol. The lowest BCUT2D eigenvalue weighted by Crippen LogP contribution is -2.07. The molecule has 0 aliphatic rings. The molecular weight excluding hydrogens is 160 g/mol. The average Bonchev–Trinajstić information content (AvgIpc) is 1.84. The van der Waals surface area contributed by atoms with Gasteiger partial charge < -0.3 is 0 Å². The van der Waals surface area contributed by atoms with E-state index in [1.54, 1.807) is 0 Å². The van der Waals surface area contributed by atoms with E-state index >= 15 is 0 Å². The van der Waals surface area contributed by atoms with Crippen LogP contribution in [0, 0.1) is 0 Å². The largest absolute Gasteiger partial charge is 0.603 e. The Morgan fingerprint density at radius 2 is 0.900 bits per heavy atom. The lowest BCUT2D eigenvalue weighted by atomic mass is 9.85. The first kappa shape index (κ1) is 9.45. The minimum Gasteiger partial charge on any atom is -0.279 e. The summed E-state index contributed by atoms with van der Waals surface area (Å²) in [5.74, 6) is 0. The van der Waals surface area contributed by atoms with Crippen LogP contribution in [0.4, 0.5) is 26.0 Å². The van der Waals surface area contributed by atoms with Gasteiger partial charge in [-0.3, -0.25) is 17.3 Å². The highest BCUT2D eigenvalue weighted by Crippen LogP contribution is 2.16. The molecule has 0 atom stereocenters. The molecule has 0 aliphatic carbocycles. The number of hydrogen-bond acceptors (Lipinski definition) is 0. The maximum atomic E-state index is 11.4. The van der Waals surface area contributed by atoms with Crippen molar-refractivity contribution in [3.8, 4) is 0 Å². The lowest BCUT2D eigenvalue weighted by Gasteiger charge is -1.91. The second kappa shape index (κ2) is 3.58. The Morgan fingerprint density at radius 3 is 1.00 bits per heavy atom. The van der Waals surface area contributed by atoms with Crippen LogP contribution < -0.4 is 0 Å². The van der Waals surface area contributed by atoms with E-state index in [-0.39, 0.29) is 0 Å². The molecule has 0 rings (SSSR count). The van der Waals surface area contributed by atoms with E-state index in [4.69, 9.17) is 0 Å². The number of rotatable bonds is 2. The highest BCUT2D eigenvalue weighted by atomic mass is 19.3. The summed E-state index contributed by atoms with van der Waals surface area (Å²) in [4.78, 5) is 0. The SMILES string of the molecule is FB(F)/C(F)=C(/F)B(F)F. The van der Waals surface area contributed by atoms with Gasteiger partial charge in [-0.2, -0.15) is 0 Å². The number of hydrogen-bond donors (Lipinski definition) is 0. The van der Waals surface area contributed by atoms with E-state index in [0.29, 0.717) is 0 Å². The second-order valence-electron chi connectivity index (χ2n) is 1.30. The normalized spacial score (nSPS) is 12.6. The van der Waals surface area contributed by atoms with Gasteiger partial charge in [0.05, 0.1) is 0 Å². The molecule has 0 radical (unpaired) electrons. The molecule has 0 unspecified atom stereocenters. The van der Waals surface area contributed by atoms with Crippen LogP contribution in [0.1, 0.15) is 0 Å². The van der Waals surface area contributed by atoms with Gasteiger partial charge >= 0.3 is 14.5 Å². The summed E-state index contributed by atoms with van der Waals surface area (Å²) in [6.45, 7) is 0. The summed E-state index contributed by atoms with van der Waals surface area (Å²) in [7, 11) is -7.62. The van der Waals surface area contributed by atoms with Gasteiger partial charge in [-0.25, -0.2) is 8.78 Å². The summed E-state index contributed by atoms with van der Waals surface area (Å²) in [5.41, 5.74) is -5.40. The molecule has 0 spiro atoms. The van der Waals surface area contributed by atoms with E-state index < -0.39 is 26.0 Å². The van der Waals surface area contributed by atoms with Gasteiger partial charge in [-0.05, 0) is 0 Å². The van der Waals surface area contributed by atoms with E-state index in [2.05, 4.69) is 0 Å². The van der Waals surface area contributed by atoms with Crippen LogP contribution in [0.3, 0.4) is 0 Å². The smallest absolute Gasteiger partial charge is 0.279 e. The molecule has 0 amide bonds. The number of halogens is 6. The van der Waals surface area contributed by atoms with Crippen molar-refractivity contribution in [1.29, 1.82) is 0 Å². The van der Waals surface area contributed by atoms with Crippen molar-refractivity contribution in [2.45, 2.75) is 0 Å². The van der Waals surface area contributed by atoms with E-state index in [0.717, 1.165) is 0 Å². The second-order valence-corrected chi connectivity index (χ2v) is 1.30. The Kier molecular flexibility index (Phi) is 3.38. The molecular formula is C2B2F6. The van der Waals surface area contributed by atoms with Gasteiger partial charge in [0, 0.05) is 0 Å². The van der Waals surface area contributed by atoms with Gasteiger partial charge in [0.1, 0.15) is 0 Å². The first-order valence-corrected chi connectivity index (χ1v) is 2.08. The summed E-state index contributed by atoms with van der Waals surface area (Å²) in [6.07, 6.45) is 0. The van der Waals surface area contributed by atoms with Crippen molar-refractivity contribution < 1.29 is 26.0 Å². The Bertz CT molecular complexity index is 125. The van der Waals surface area contributed by atoms with E-state index in [1.165, 1.54) is 0 Å². The van der Waals surface area contributed by atoms with Crippen LogP contribution in [0.25, 0.3) is 0 Å². The van der Waals surface area contributed by atoms with Crippen molar-refractivity contribution in [2.75, 3.05) is 0 Å². The van der Waals surface area contributed by atoms with Crippen molar-refractivity contribution >= 4 is 14.5 Å². The van der Waals surface area contributed by atoms with Crippen molar-refractivity contribution in [3.63, 3.8) is 0 Å². The van der Waals surface area contributed by atoms with Crippen LogP contribution in [0.15, 0.2) is 11.5 Å². The quantitative estimate of drug-likeness (QED) is 0.428. The average molecular weight is 160 g/mol. The summed E-state index contributed by atoms with van der Waals surface area (Å²) in [6, 6.07) is 0. The summed E-state index contributed by atoms with van der Waals surface area (Å²) in [5, 5.41) is 0. The summed E-state index contributed by atoms with van der Waals surface area (Å²) >= 11 is 0. The van der Waals surface area contributed by atoms with Gasteiger partial charge in [-0.15, -0.1) is 0 Å². The molecule has 0 aromatic rings. The Morgan fingerprint density at radius 1 is 0.700 bits per heavy atom. The molecule has 0 N–H and O–H groups in total. The molecule has 10 heavy (non-hydrogen) atoms. The first-order chi connectivity index (χ1) is 4.46. The van der Waals surface area contributed by atoms with E-state index in [1.807, 2.05) is 0 Å². The fraction of sp³-hybridized carbons (Fsp3) is 0. The zero-order valence-electron chi connectivity index (χ0n) is 4.42. The Labute approximate surface area is 53.3 Å². The molecule has 0 aliphatic heterocycles. The molecule has 0 saturated heterocycles. The highest BCUT2D eigenvalue weighted by Gasteiger charge is 2.33. The maximum Gasteiger partial charge on any atom is 0.603 e. The standard InChI is InChI=1S/C2B2F6/c5-1(3(7)8)2(6)4(9)10/b2-1-. The highest BCUT2D eigenvalue weighted by molar-refractivity contribution is 6.58. The van der Waals surface area contributed by atoms with Crippen molar-refractivity contribution in [2.24, 2.45) is 0 Å². The summed E-state index contributed by atoms with van der Waals surface area (Å²) < 4.78 is 67.0. The third-order valence-electron chi connectivity index (χ3n) is 0.611. The van der Waals surface area contributed by atoms with Crippen molar-refractivity contribution in [3.05, 3.63) is 11.5 Å². The van der Waals surface area contributed by atoms with Crippen molar-refractivity contribution in [1.82, 2.24) is 0 Å². The Hall–Kier alpha value is -0.550. The van der Waals surface area contributed by atoms with E-state index in [9.17, 15) is 26.0 Å². The minimum absolute atomic E-state index is 2.70. The van der Waals surface area contributed by atoms with Gasteiger partial charge in [-0.1, -0.05) is 0 Å². The lowest BCUT2D eigenvalue weighted by molar-refractivity contribution is 0.527. The van der Waals surface area contributed by atoms with Crippen LogP contribution in [0.5, 0.6) is 0 Å². The van der Waals surface area contributed by atoms with Crippen LogP contribution >= 0.6 is 0 Å². The predicted octanol–water partition coefficient (Wildman–Crippen LogP) is 2.07. The van der Waals surface area contributed by atoms with Gasteiger partial charge in [0.25, 0.3) is 0 Å². The van der Waals surface area contributed by atoms with Gasteiger partial charge in [0.2, 0.25) is 0 Å². The Balaban J connectivity index is 4.34. The minimum atomic E-state index is -3.81. The predicted molar refractivity (Wildman–Crippen MR) is 25.2 cm³/mol. The molecule has 0 nitrogen and oxygen atoms in total. The molecule has 0 heterocycles. The maximum absolute atomic E-state index is 11.4. The molecule has 0 aromatic heterocycles. The molecule has 8 heteroatoms. The molecule has 0 bridgehead atoms. The van der Waals surface area contributed by atoms with Crippen LogP contribution in [-0.4, -0.2) is 14.5 Å².